The van der Waals surface area contributed by atoms with Crippen LogP contribution in [0.1, 0.15) is 60.4 Å². The number of piperidine rings is 1. The quantitative estimate of drug-likeness (QED) is 0.819. The van der Waals surface area contributed by atoms with Crippen molar-refractivity contribution in [3.05, 3.63) is 29.6 Å². The fourth-order valence-corrected chi connectivity index (χ4v) is 3.09. The fourth-order valence-electron chi connectivity index (χ4n) is 3.09. The first-order valence-corrected chi connectivity index (χ1v) is 8.75. The molecule has 1 fully saturated rings. The van der Waals surface area contributed by atoms with E-state index in [4.69, 9.17) is 5.11 Å². The van der Waals surface area contributed by atoms with Crippen LogP contribution in [0.25, 0.3) is 0 Å². The van der Waals surface area contributed by atoms with E-state index < -0.39 is 5.97 Å². The van der Waals surface area contributed by atoms with Crippen LogP contribution in [0, 0.1) is 5.92 Å². The number of hydrogen-bond donors (Lipinski definition) is 2. The van der Waals surface area contributed by atoms with Gasteiger partial charge in [-0.25, -0.2) is 4.79 Å². The van der Waals surface area contributed by atoms with Gasteiger partial charge >= 0.3 is 5.97 Å². The molecule has 0 aromatic carbocycles. The molecule has 2 heterocycles. The molecule has 0 spiro atoms. The predicted octanol–water partition coefficient (Wildman–Crippen LogP) is 1.94. The van der Waals surface area contributed by atoms with E-state index in [1.165, 1.54) is 18.3 Å². The average Bonchev–Trinajstić information content (AvgIpc) is 2.63. The number of carboxylic acids is 1. The van der Waals surface area contributed by atoms with Crippen LogP contribution in [-0.2, 0) is 4.79 Å². The van der Waals surface area contributed by atoms with Gasteiger partial charge in [0.2, 0.25) is 5.91 Å². The molecule has 1 aliphatic heterocycles. The molecule has 7 heteroatoms. The Balaban J connectivity index is 1.89. The molecule has 1 aromatic heterocycles. The van der Waals surface area contributed by atoms with Gasteiger partial charge in [0.05, 0.1) is 5.56 Å². The van der Waals surface area contributed by atoms with Gasteiger partial charge in [-0.1, -0.05) is 13.8 Å². The van der Waals surface area contributed by atoms with Crippen molar-refractivity contribution < 1.29 is 19.5 Å². The van der Waals surface area contributed by atoms with E-state index in [2.05, 4.69) is 10.3 Å². The number of nitrogens with zero attached hydrogens (tertiary/aromatic N) is 2. The van der Waals surface area contributed by atoms with E-state index in [1.807, 2.05) is 18.7 Å². The summed E-state index contributed by atoms with van der Waals surface area (Å²) in [5.41, 5.74) is 0.126. The van der Waals surface area contributed by atoms with Crippen LogP contribution in [-0.4, -0.2) is 51.9 Å². The van der Waals surface area contributed by atoms with Crippen molar-refractivity contribution in [2.75, 3.05) is 13.1 Å². The Morgan fingerprint density at radius 3 is 2.48 bits per heavy atom. The predicted molar refractivity (Wildman–Crippen MR) is 92.3 cm³/mol. The zero-order valence-electron chi connectivity index (χ0n) is 14.7. The van der Waals surface area contributed by atoms with Gasteiger partial charge in [0.15, 0.2) is 0 Å². The van der Waals surface area contributed by atoms with Crippen molar-refractivity contribution in [3.63, 3.8) is 0 Å². The topological polar surface area (TPSA) is 99.6 Å². The molecule has 1 saturated heterocycles. The monoisotopic (exact) mass is 347 g/mol. The van der Waals surface area contributed by atoms with Crippen LogP contribution >= 0.6 is 0 Å². The number of likely N-dealkylation sites (tertiary alicyclic amines) is 1. The summed E-state index contributed by atoms with van der Waals surface area (Å²) < 4.78 is 0. The minimum atomic E-state index is -1.09. The first kappa shape index (κ1) is 18.9. The Bertz CT molecular complexity index is 635. The van der Waals surface area contributed by atoms with Crippen LogP contribution < -0.4 is 5.32 Å². The number of aromatic carboxylic acids is 1. The van der Waals surface area contributed by atoms with E-state index in [0.29, 0.717) is 25.9 Å². The molecule has 2 amide bonds. The fraction of sp³-hybridized carbons (Fsp3) is 0.556. The molecule has 1 aromatic rings. The van der Waals surface area contributed by atoms with Gasteiger partial charge in [-0.15, -0.1) is 0 Å². The summed E-state index contributed by atoms with van der Waals surface area (Å²) in [6.45, 7) is 5.31. The average molecular weight is 347 g/mol. The van der Waals surface area contributed by atoms with Crippen molar-refractivity contribution in [2.45, 2.75) is 45.6 Å². The van der Waals surface area contributed by atoms with Crippen LogP contribution in [0.4, 0.5) is 0 Å². The molecule has 0 aliphatic carbocycles. The van der Waals surface area contributed by atoms with Crippen molar-refractivity contribution in [2.24, 2.45) is 5.92 Å². The molecule has 136 valence electrons. The summed E-state index contributed by atoms with van der Waals surface area (Å²) in [7, 11) is 0. The number of hydrogen-bond acceptors (Lipinski definition) is 4. The number of carboxylic acid groups (broad SMARTS) is 1. The smallest absolute Gasteiger partial charge is 0.335 e. The molecular weight excluding hydrogens is 322 g/mol. The van der Waals surface area contributed by atoms with E-state index in [9.17, 15) is 14.4 Å². The number of nitrogens with one attached hydrogen (secondary N) is 1. The van der Waals surface area contributed by atoms with E-state index in [1.54, 1.807) is 0 Å². The van der Waals surface area contributed by atoms with Crippen LogP contribution in [0.2, 0.25) is 0 Å². The molecule has 0 bridgehead atoms. The molecule has 0 saturated carbocycles. The Hall–Kier alpha value is -2.44. The maximum atomic E-state index is 12.4. The highest BCUT2D eigenvalue weighted by Crippen LogP contribution is 2.17. The molecule has 2 N–H and O–H groups in total. The molecule has 0 radical (unpaired) electrons. The molecular formula is C18H25N3O4. The van der Waals surface area contributed by atoms with Crippen molar-refractivity contribution in [3.8, 4) is 0 Å². The Labute approximate surface area is 147 Å². The first-order valence-electron chi connectivity index (χ1n) is 8.75. The van der Waals surface area contributed by atoms with Gasteiger partial charge < -0.3 is 15.3 Å². The van der Waals surface area contributed by atoms with Gasteiger partial charge in [-0.2, -0.15) is 0 Å². The number of amides is 2. The van der Waals surface area contributed by atoms with Crippen LogP contribution in [0.15, 0.2) is 18.3 Å². The first-order chi connectivity index (χ1) is 12.0. The highest BCUT2D eigenvalue weighted by atomic mass is 16.4. The second-order valence-corrected chi connectivity index (χ2v) is 6.32. The van der Waals surface area contributed by atoms with Crippen molar-refractivity contribution in [1.82, 2.24) is 15.2 Å². The maximum absolute atomic E-state index is 12.4. The lowest BCUT2D eigenvalue weighted by Gasteiger charge is -2.34. The summed E-state index contributed by atoms with van der Waals surface area (Å²) in [5.74, 6) is -1.20. The summed E-state index contributed by atoms with van der Waals surface area (Å²) in [6.07, 6.45) is 4.39. The number of aromatic nitrogens is 1. The molecule has 0 unspecified atom stereocenters. The molecule has 2 rings (SSSR count). The lowest BCUT2D eigenvalue weighted by Crippen LogP contribution is -2.48. The lowest BCUT2D eigenvalue weighted by atomic mass is 9.98. The third-order valence-corrected chi connectivity index (χ3v) is 4.72. The van der Waals surface area contributed by atoms with Gasteiger partial charge in [0.25, 0.3) is 5.91 Å². The second-order valence-electron chi connectivity index (χ2n) is 6.32. The normalized spacial score (nSPS) is 15.2. The van der Waals surface area contributed by atoms with Gasteiger partial charge in [0.1, 0.15) is 5.69 Å². The number of carbonyl (C=O) groups excluding carboxylic acids is 2. The van der Waals surface area contributed by atoms with Gasteiger partial charge in [0, 0.05) is 31.2 Å². The zero-order valence-corrected chi connectivity index (χ0v) is 14.7. The summed E-state index contributed by atoms with van der Waals surface area (Å²) in [5, 5.41) is 11.9. The number of carbonyl (C=O) groups is 3. The van der Waals surface area contributed by atoms with Gasteiger partial charge in [-0.3, -0.25) is 14.6 Å². The largest absolute Gasteiger partial charge is 0.478 e. The Morgan fingerprint density at radius 2 is 1.92 bits per heavy atom. The minimum absolute atomic E-state index is 0.0331. The van der Waals surface area contributed by atoms with E-state index in [0.717, 1.165) is 12.8 Å². The molecule has 25 heavy (non-hydrogen) atoms. The summed E-state index contributed by atoms with van der Waals surface area (Å²) in [4.78, 5) is 41.4. The lowest BCUT2D eigenvalue weighted by molar-refractivity contribution is -0.136. The molecule has 0 atom stereocenters. The van der Waals surface area contributed by atoms with Crippen LogP contribution in [0.3, 0.4) is 0 Å². The molecule has 1 aliphatic rings. The third-order valence-electron chi connectivity index (χ3n) is 4.72. The highest BCUT2D eigenvalue weighted by Gasteiger charge is 2.27. The van der Waals surface area contributed by atoms with Crippen LogP contribution in [0.5, 0.6) is 0 Å². The third kappa shape index (κ3) is 4.78. The van der Waals surface area contributed by atoms with Crippen molar-refractivity contribution in [1.29, 1.82) is 0 Å². The zero-order chi connectivity index (χ0) is 18.4. The highest BCUT2D eigenvalue weighted by molar-refractivity contribution is 5.95. The number of rotatable bonds is 6. The Kier molecular flexibility index (Phi) is 6.50. The van der Waals surface area contributed by atoms with E-state index >= 15 is 0 Å². The summed E-state index contributed by atoms with van der Waals surface area (Å²) >= 11 is 0. The Morgan fingerprint density at radius 1 is 1.28 bits per heavy atom. The summed E-state index contributed by atoms with van der Waals surface area (Å²) in [6, 6.07) is 2.58. The maximum Gasteiger partial charge on any atom is 0.335 e. The van der Waals surface area contributed by atoms with E-state index in [-0.39, 0.29) is 35.0 Å². The molecule has 7 nitrogen and oxygen atoms in total. The van der Waals surface area contributed by atoms with Crippen molar-refractivity contribution >= 4 is 17.8 Å². The SMILES string of the molecule is CCC(CC)C(=O)N1CCC(NC(=O)c2cc(C(=O)O)ccn2)CC1. The number of pyridine rings is 1. The standard InChI is InChI=1S/C18H25N3O4/c1-3-12(4-2)17(23)21-9-6-14(7-10-21)20-16(22)15-11-13(18(24)25)5-8-19-15/h5,8,11-12,14H,3-4,6-7,9-10H2,1-2H3,(H,20,22)(H,24,25). The second kappa shape index (κ2) is 8.60. The van der Waals surface area contributed by atoms with Gasteiger partial charge in [-0.05, 0) is 37.8 Å². The minimum Gasteiger partial charge on any atom is -0.478 e.